The van der Waals surface area contributed by atoms with Crippen molar-refractivity contribution in [2.75, 3.05) is 0 Å². The van der Waals surface area contributed by atoms with Gasteiger partial charge in [0.15, 0.2) is 12.4 Å². The molecule has 0 aliphatic heterocycles. The standard InChI is InChI=1S/C15H10ClN3O4/c16-11-5-3-4-10(8-11)15-17-14(23-18-15)9-22-13-7-2-1-6-12(13)19(20)21/h1-8H,9H2. The number of nitrogens with zero attached hydrogens (tertiary/aromatic N) is 3. The smallest absolute Gasteiger partial charge is 0.310 e. The quantitative estimate of drug-likeness (QED) is 0.520. The van der Waals surface area contributed by atoms with Crippen molar-refractivity contribution in [3.8, 4) is 17.1 Å². The van der Waals surface area contributed by atoms with Crippen LogP contribution in [0.1, 0.15) is 5.89 Å². The molecule has 0 saturated heterocycles. The number of nitro benzene ring substituents is 1. The van der Waals surface area contributed by atoms with E-state index in [2.05, 4.69) is 10.1 Å². The first-order valence-electron chi connectivity index (χ1n) is 6.58. The number of hydrogen-bond acceptors (Lipinski definition) is 6. The summed E-state index contributed by atoms with van der Waals surface area (Å²) in [5.41, 5.74) is 0.584. The fraction of sp³-hybridized carbons (Fsp3) is 0.0667. The van der Waals surface area contributed by atoms with Crippen LogP contribution in [0.3, 0.4) is 0 Å². The molecule has 0 bridgehead atoms. The predicted molar refractivity (Wildman–Crippen MR) is 82.2 cm³/mol. The minimum absolute atomic E-state index is 0.0710. The maximum Gasteiger partial charge on any atom is 0.310 e. The minimum Gasteiger partial charge on any atom is -0.477 e. The summed E-state index contributed by atoms with van der Waals surface area (Å²) in [4.78, 5) is 14.6. The maximum atomic E-state index is 10.9. The molecular weight excluding hydrogens is 322 g/mol. The summed E-state index contributed by atoms with van der Waals surface area (Å²) in [6, 6.07) is 13.1. The monoisotopic (exact) mass is 331 g/mol. The van der Waals surface area contributed by atoms with E-state index < -0.39 is 4.92 Å². The molecule has 0 N–H and O–H groups in total. The van der Waals surface area contributed by atoms with E-state index in [9.17, 15) is 10.1 Å². The Morgan fingerprint density at radius 2 is 2.04 bits per heavy atom. The number of nitro groups is 1. The van der Waals surface area contributed by atoms with E-state index in [0.717, 1.165) is 0 Å². The first kappa shape index (κ1) is 15.0. The van der Waals surface area contributed by atoms with E-state index in [-0.39, 0.29) is 23.9 Å². The Morgan fingerprint density at radius 3 is 2.83 bits per heavy atom. The van der Waals surface area contributed by atoms with Gasteiger partial charge in [0, 0.05) is 16.7 Å². The van der Waals surface area contributed by atoms with Gasteiger partial charge in [-0.2, -0.15) is 4.98 Å². The maximum absolute atomic E-state index is 10.9. The van der Waals surface area contributed by atoms with Crippen LogP contribution in [-0.4, -0.2) is 15.1 Å². The van der Waals surface area contributed by atoms with E-state index in [1.807, 2.05) is 0 Å². The van der Waals surface area contributed by atoms with Crippen molar-refractivity contribution < 1.29 is 14.2 Å². The second kappa shape index (κ2) is 6.45. The van der Waals surface area contributed by atoms with Gasteiger partial charge in [-0.1, -0.05) is 41.0 Å². The molecule has 0 radical (unpaired) electrons. The number of para-hydroxylation sites is 2. The Labute approximate surface area is 135 Å². The van der Waals surface area contributed by atoms with Gasteiger partial charge in [-0.3, -0.25) is 10.1 Å². The third-order valence-corrected chi connectivity index (χ3v) is 3.20. The molecule has 1 aromatic heterocycles. The van der Waals surface area contributed by atoms with Gasteiger partial charge >= 0.3 is 5.69 Å². The molecule has 7 nitrogen and oxygen atoms in total. The molecule has 0 unspecified atom stereocenters. The van der Waals surface area contributed by atoms with Gasteiger partial charge in [-0.25, -0.2) is 0 Å². The van der Waals surface area contributed by atoms with E-state index in [4.69, 9.17) is 20.9 Å². The van der Waals surface area contributed by atoms with Gasteiger partial charge < -0.3 is 9.26 Å². The van der Waals surface area contributed by atoms with Crippen LogP contribution in [0.4, 0.5) is 5.69 Å². The van der Waals surface area contributed by atoms with Crippen molar-refractivity contribution >= 4 is 17.3 Å². The number of rotatable bonds is 5. The predicted octanol–water partition coefficient (Wildman–Crippen LogP) is 3.88. The first-order chi connectivity index (χ1) is 11.1. The van der Waals surface area contributed by atoms with E-state index in [0.29, 0.717) is 16.4 Å². The summed E-state index contributed by atoms with van der Waals surface area (Å²) in [5.74, 6) is 0.715. The molecule has 0 fully saturated rings. The third kappa shape index (κ3) is 3.46. The zero-order valence-corrected chi connectivity index (χ0v) is 12.4. The number of hydrogen-bond donors (Lipinski definition) is 0. The molecule has 0 aliphatic carbocycles. The van der Waals surface area contributed by atoms with Crippen molar-refractivity contribution in [1.29, 1.82) is 0 Å². The van der Waals surface area contributed by atoms with Crippen molar-refractivity contribution in [1.82, 2.24) is 10.1 Å². The fourth-order valence-corrected chi connectivity index (χ4v) is 2.12. The summed E-state index contributed by atoms with van der Waals surface area (Å²) in [7, 11) is 0. The fourth-order valence-electron chi connectivity index (χ4n) is 1.93. The van der Waals surface area contributed by atoms with Crippen LogP contribution in [0, 0.1) is 10.1 Å². The molecule has 3 aromatic rings. The van der Waals surface area contributed by atoms with Crippen LogP contribution in [0.25, 0.3) is 11.4 Å². The summed E-state index contributed by atoms with van der Waals surface area (Å²) in [6.07, 6.45) is 0. The first-order valence-corrected chi connectivity index (χ1v) is 6.96. The number of ether oxygens (including phenoxy) is 1. The lowest BCUT2D eigenvalue weighted by Gasteiger charge is -2.03. The van der Waals surface area contributed by atoms with Crippen LogP contribution in [-0.2, 0) is 6.61 Å². The number of halogens is 1. The zero-order valence-electron chi connectivity index (χ0n) is 11.7. The molecule has 0 aliphatic rings. The Bertz CT molecular complexity index is 850. The highest BCUT2D eigenvalue weighted by Gasteiger charge is 2.15. The molecule has 116 valence electrons. The zero-order chi connectivity index (χ0) is 16.2. The molecule has 3 rings (SSSR count). The third-order valence-electron chi connectivity index (χ3n) is 2.96. The number of benzene rings is 2. The molecule has 2 aromatic carbocycles. The summed E-state index contributed by atoms with van der Waals surface area (Å²) < 4.78 is 10.5. The Kier molecular flexibility index (Phi) is 4.20. The highest BCUT2D eigenvalue weighted by molar-refractivity contribution is 6.30. The number of aromatic nitrogens is 2. The minimum atomic E-state index is -0.513. The topological polar surface area (TPSA) is 91.3 Å². The Hall–Kier alpha value is -2.93. The van der Waals surface area contributed by atoms with Gasteiger partial charge in [0.25, 0.3) is 5.89 Å². The van der Waals surface area contributed by atoms with Crippen LogP contribution in [0.15, 0.2) is 53.1 Å². The summed E-state index contributed by atoms with van der Waals surface area (Å²) in [6.45, 7) is -0.0710. The largest absolute Gasteiger partial charge is 0.477 e. The summed E-state index contributed by atoms with van der Waals surface area (Å²) in [5, 5.41) is 15.3. The van der Waals surface area contributed by atoms with E-state index >= 15 is 0 Å². The molecule has 23 heavy (non-hydrogen) atoms. The van der Waals surface area contributed by atoms with Crippen molar-refractivity contribution in [3.63, 3.8) is 0 Å². The molecule has 0 amide bonds. The van der Waals surface area contributed by atoms with Gasteiger partial charge in [-0.05, 0) is 18.2 Å². The molecule has 0 atom stereocenters. The Balaban J connectivity index is 1.74. The average molecular weight is 332 g/mol. The average Bonchev–Trinajstić information content (AvgIpc) is 3.02. The van der Waals surface area contributed by atoms with Crippen LogP contribution >= 0.6 is 11.6 Å². The second-order valence-corrected chi connectivity index (χ2v) is 4.97. The van der Waals surface area contributed by atoms with E-state index in [1.165, 1.54) is 12.1 Å². The van der Waals surface area contributed by atoms with Gasteiger partial charge in [0.1, 0.15) is 0 Å². The van der Waals surface area contributed by atoms with Crippen LogP contribution < -0.4 is 4.74 Å². The lowest BCUT2D eigenvalue weighted by molar-refractivity contribution is -0.386. The van der Waals surface area contributed by atoms with Gasteiger partial charge in [0.2, 0.25) is 5.82 Å². The highest BCUT2D eigenvalue weighted by Crippen LogP contribution is 2.27. The second-order valence-electron chi connectivity index (χ2n) is 4.54. The van der Waals surface area contributed by atoms with Crippen LogP contribution in [0.5, 0.6) is 5.75 Å². The van der Waals surface area contributed by atoms with Crippen molar-refractivity contribution in [3.05, 3.63) is 69.6 Å². The molecule has 0 saturated carbocycles. The lowest BCUT2D eigenvalue weighted by atomic mass is 10.2. The van der Waals surface area contributed by atoms with Crippen molar-refractivity contribution in [2.45, 2.75) is 6.61 Å². The van der Waals surface area contributed by atoms with Crippen LogP contribution in [0.2, 0.25) is 5.02 Å². The van der Waals surface area contributed by atoms with E-state index in [1.54, 1.807) is 36.4 Å². The van der Waals surface area contributed by atoms with Crippen molar-refractivity contribution in [2.24, 2.45) is 0 Å². The normalized spacial score (nSPS) is 10.5. The lowest BCUT2D eigenvalue weighted by Crippen LogP contribution is -1.99. The molecule has 1 heterocycles. The molecular formula is C15H10ClN3O4. The molecule has 0 spiro atoms. The van der Waals surface area contributed by atoms with Gasteiger partial charge in [0.05, 0.1) is 4.92 Å². The Morgan fingerprint density at radius 1 is 1.22 bits per heavy atom. The SMILES string of the molecule is O=[N+]([O-])c1ccccc1OCc1nc(-c2cccc(Cl)c2)no1. The van der Waals surface area contributed by atoms with Gasteiger partial charge in [-0.15, -0.1) is 0 Å². The summed E-state index contributed by atoms with van der Waals surface area (Å²) >= 11 is 5.92. The molecule has 8 heteroatoms. The highest BCUT2D eigenvalue weighted by atomic mass is 35.5.